The summed E-state index contributed by atoms with van der Waals surface area (Å²) in [6.07, 6.45) is 0.0453. The number of rotatable bonds is 7. The van der Waals surface area contributed by atoms with Crippen LogP contribution in [0.5, 0.6) is 0 Å². The third-order valence-corrected chi connectivity index (χ3v) is 4.60. The molecule has 0 fully saturated rings. The van der Waals surface area contributed by atoms with E-state index in [1.54, 1.807) is 54.6 Å². The molecule has 2 aromatic carbocycles. The lowest BCUT2D eigenvalue weighted by molar-refractivity contribution is -0.138. The highest BCUT2D eigenvalue weighted by Crippen LogP contribution is 2.10. The van der Waals surface area contributed by atoms with Crippen molar-refractivity contribution in [1.82, 2.24) is 4.72 Å². The van der Waals surface area contributed by atoms with E-state index in [9.17, 15) is 18.3 Å². The summed E-state index contributed by atoms with van der Waals surface area (Å²) >= 11 is 0. The number of anilines is 1. The molecule has 2 aromatic rings. The number of nitrogens with two attached hydrogens (primary N) is 1. The molecule has 0 spiro atoms. The van der Waals surface area contributed by atoms with Gasteiger partial charge in [-0.3, -0.25) is 4.79 Å². The molecule has 6 nitrogen and oxygen atoms in total. The van der Waals surface area contributed by atoms with Crippen molar-refractivity contribution in [2.45, 2.75) is 18.2 Å². The predicted molar refractivity (Wildman–Crippen MR) is 88.2 cm³/mol. The Balaban J connectivity index is 2.09. The second-order valence-electron chi connectivity index (χ2n) is 5.20. The van der Waals surface area contributed by atoms with Gasteiger partial charge in [0.05, 0.1) is 5.75 Å². The molecule has 0 aliphatic carbocycles. The van der Waals surface area contributed by atoms with Crippen LogP contribution in [0.3, 0.4) is 0 Å². The molecule has 0 saturated heterocycles. The molecular weight excluding hydrogens is 316 g/mol. The smallest absolute Gasteiger partial charge is 0.322 e. The second-order valence-corrected chi connectivity index (χ2v) is 6.95. The summed E-state index contributed by atoms with van der Waals surface area (Å²) in [6.45, 7) is 0. The van der Waals surface area contributed by atoms with E-state index in [1.807, 2.05) is 0 Å². The quantitative estimate of drug-likeness (QED) is 0.663. The zero-order valence-electron chi connectivity index (χ0n) is 12.3. The maximum absolute atomic E-state index is 12.2. The van der Waals surface area contributed by atoms with Crippen molar-refractivity contribution in [3.05, 3.63) is 65.7 Å². The van der Waals surface area contributed by atoms with E-state index in [0.717, 1.165) is 0 Å². The third kappa shape index (κ3) is 5.39. The van der Waals surface area contributed by atoms with Crippen LogP contribution in [0.15, 0.2) is 54.6 Å². The van der Waals surface area contributed by atoms with E-state index in [0.29, 0.717) is 16.8 Å². The first-order valence-corrected chi connectivity index (χ1v) is 8.62. The van der Waals surface area contributed by atoms with Crippen LogP contribution in [-0.2, 0) is 27.0 Å². The van der Waals surface area contributed by atoms with Gasteiger partial charge in [0.25, 0.3) is 0 Å². The Bertz CT molecular complexity index is 758. The van der Waals surface area contributed by atoms with Crippen LogP contribution in [0.1, 0.15) is 11.1 Å². The summed E-state index contributed by atoms with van der Waals surface area (Å²) in [5.74, 6) is -1.49. The lowest BCUT2D eigenvalue weighted by Gasteiger charge is -2.15. The number of aliphatic carboxylic acids is 1. The molecule has 1 unspecified atom stereocenters. The standard InChI is InChI=1S/C16H18N2O4S/c17-14-8-6-12(7-9-14)10-15(16(19)20)18-23(21,22)11-13-4-2-1-3-5-13/h1-9,15,18H,10-11,17H2,(H,19,20). The summed E-state index contributed by atoms with van der Waals surface area (Å²) in [5, 5.41) is 9.27. The number of nitrogen functional groups attached to an aromatic ring is 1. The second kappa shape index (κ2) is 7.26. The predicted octanol–water partition coefficient (Wildman–Crippen LogP) is 1.38. The van der Waals surface area contributed by atoms with E-state index in [4.69, 9.17) is 5.73 Å². The molecule has 0 radical (unpaired) electrons. The fourth-order valence-electron chi connectivity index (χ4n) is 2.12. The molecule has 0 aliphatic heterocycles. The van der Waals surface area contributed by atoms with E-state index in [2.05, 4.69) is 4.72 Å². The summed E-state index contributed by atoms with van der Waals surface area (Å²) < 4.78 is 26.6. The maximum Gasteiger partial charge on any atom is 0.322 e. The Kier molecular flexibility index (Phi) is 5.36. The lowest BCUT2D eigenvalue weighted by Crippen LogP contribution is -2.42. The van der Waals surface area contributed by atoms with E-state index in [-0.39, 0.29) is 12.2 Å². The Morgan fingerprint density at radius 3 is 2.22 bits per heavy atom. The molecule has 23 heavy (non-hydrogen) atoms. The Labute approximate surface area is 135 Å². The van der Waals surface area contributed by atoms with Crippen LogP contribution in [-0.4, -0.2) is 25.5 Å². The molecule has 0 aromatic heterocycles. The molecule has 0 bridgehead atoms. The van der Waals surface area contributed by atoms with Gasteiger partial charge in [0, 0.05) is 5.69 Å². The van der Waals surface area contributed by atoms with Gasteiger partial charge in [-0.1, -0.05) is 42.5 Å². The summed E-state index contributed by atoms with van der Waals surface area (Å²) in [4.78, 5) is 11.3. The summed E-state index contributed by atoms with van der Waals surface area (Å²) in [5.41, 5.74) is 7.42. The SMILES string of the molecule is Nc1ccc(CC(NS(=O)(=O)Cc2ccccc2)C(=O)O)cc1. The topological polar surface area (TPSA) is 109 Å². The molecule has 4 N–H and O–H groups in total. The Morgan fingerprint density at radius 2 is 1.65 bits per heavy atom. The van der Waals surface area contributed by atoms with Crippen molar-refractivity contribution in [2.24, 2.45) is 0 Å². The molecule has 0 saturated carbocycles. The largest absolute Gasteiger partial charge is 0.480 e. The van der Waals surface area contributed by atoms with Crippen molar-refractivity contribution >= 4 is 21.7 Å². The molecule has 1 atom stereocenters. The minimum Gasteiger partial charge on any atom is -0.480 e. The number of sulfonamides is 1. The molecule has 2 rings (SSSR count). The molecule has 0 aliphatic rings. The van der Waals surface area contributed by atoms with Crippen LogP contribution >= 0.6 is 0 Å². The van der Waals surface area contributed by atoms with Crippen LogP contribution < -0.4 is 10.5 Å². The lowest BCUT2D eigenvalue weighted by atomic mass is 10.1. The highest BCUT2D eigenvalue weighted by molar-refractivity contribution is 7.88. The Hall–Kier alpha value is -2.38. The van der Waals surface area contributed by atoms with Crippen LogP contribution in [0.2, 0.25) is 0 Å². The van der Waals surface area contributed by atoms with Crippen LogP contribution in [0, 0.1) is 0 Å². The molecule has 0 heterocycles. The number of carboxylic acids is 1. The molecule has 7 heteroatoms. The highest BCUT2D eigenvalue weighted by Gasteiger charge is 2.24. The normalized spacial score (nSPS) is 12.7. The van der Waals surface area contributed by atoms with E-state index >= 15 is 0 Å². The van der Waals surface area contributed by atoms with Crippen molar-refractivity contribution in [3.8, 4) is 0 Å². The fourth-order valence-corrected chi connectivity index (χ4v) is 3.45. The first kappa shape index (κ1) is 17.0. The number of hydrogen-bond donors (Lipinski definition) is 3. The summed E-state index contributed by atoms with van der Waals surface area (Å²) in [7, 11) is -3.76. The average molecular weight is 334 g/mol. The van der Waals surface area contributed by atoms with E-state index in [1.165, 1.54) is 0 Å². The number of nitrogens with one attached hydrogen (secondary N) is 1. The van der Waals surface area contributed by atoms with Crippen LogP contribution in [0.4, 0.5) is 5.69 Å². The monoisotopic (exact) mass is 334 g/mol. The van der Waals surface area contributed by atoms with Crippen molar-refractivity contribution < 1.29 is 18.3 Å². The van der Waals surface area contributed by atoms with Gasteiger partial charge in [-0.2, -0.15) is 0 Å². The number of hydrogen-bond acceptors (Lipinski definition) is 4. The fraction of sp³-hybridized carbons (Fsp3) is 0.188. The maximum atomic E-state index is 12.2. The van der Waals surface area contributed by atoms with Gasteiger partial charge in [0.15, 0.2) is 0 Å². The van der Waals surface area contributed by atoms with Gasteiger partial charge in [0.2, 0.25) is 10.0 Å². The van der Waals surface area contributed by atoms with Crippen molar-refractivity contribution in [1.29, 1.82) is 0 Å². The average Bonchev–Trinajstić information content (AvgIpc) is 2.49. The van der Waals surface area contributed by atoms with E-state index < -0.39 is 22.0 Å². The van der Waals surface area contributed by atoms with Gasteiger partial charge in [-0.15, -0.1) is 0 Å². The minimum atomic E-state index is -3.76. The third-order valence-electron chi connectivity index (χ3n) is 3.24. The van der Waals surface area contributed by atoms with Gasteiger partial charge < -0.3 is 10.8 Å². The summed E-state index contributed by atoms with van der Waals surface area (Å²) in [6, 6.07) is 14.0. The molecular formula is C16H18N2O4S. The zero-order chi connectivity index (χ0) is 16.9. The number of carboxylic acid groups (broad SMARTS) is 1. The minimum absolute atomic E-state index is 0.0453. The van der Waals surface area contributed by atoms with Gasteiger partial charge in [-0.25, -0.2) is 13.1 Å². The van der Waals surface area contributed by atoms with Crippen molar-refractivity contribution in [2.75, 3.05) is 5.73 Å². The van der Waals surface area contributed by atoms with Crippen LogP contribution in [0.25, 0.3) is 0 Å². The first-order chi connectivity index (χ1) is 10.9. The number of carbonyl (C=O) groups is 1. The Morgan fingerprint density at radius 1 is 1.04 bits per heavy atom. The number of benzene rings is 2. The highest BCUT2D eigenvalue weighted by atomic mass is 32.2. The first-order valence-electron chi connectivity index (χ1n) is 6.97. The van der Waals surface area contributed by atoms with Gasteiger partial charge in [-0.05, 0) is 29.7 Å². The molecule has 122 valence electrons. The van der Waals surface area contributed by atoms with Gasteiger partial charge in [0.1, 0.15) is 6.04 Å². The van der Waals surface area contributed by atoms with Crippen molar-refractivity contribution in [3.63, 3.8) is 0 Å². The van der Waals surface area contributed by atoms with Gasteiger partial charge >= 0.3 is 5.97 Å². The molecule has 0 amide bonds. The zero-order valence-corrected chi connectivity index (χ0v) is 13.2.